The Morgan fingerprint density at radius 1 is 1.28 bits per heavy atom. The van der Waals surface area contributed by atoms with Crippen LogP contribution in [0.15, 0.2) is 47.0 Å². The Morgan fingerprint density at radius 3 is 2.77 bits per heavy atom. The SMILES string of the molecule is CN(C(=O)Cc1ccc2c(c1)NS(=O)(=O)C2)[C@H](CN1CC[C@H](O)C1)c1cccc(-c2noc(C(F)(F)F)n2)c1. The maximum atomic E-state index is 13.4. The fourth-order valence-electron chi connectivity index (χ4n) is 4.85. The molecule has 0 radical (unpaired) electrons. The minimum Gasteiger partial charge on any atom is -0.392 e. The maximum absolute atomic E-state index is 13.4. The van der Waals surface area contributed by atoms with Gasteiger partial charge in [0.15, 0.2) is 0 Å². The van der Waals surface area contributed by atoms with E-state index in [9.17, 15) is 31.5 Å². The van der Waals surface area contributed by atoms with Crippen LogP contribution in [0.25, 0.3) is 11.4 Å². The van der Waals surface area contributed by atoms with E-state index in [0.29, 0.717) is 54.0 Å². The number of aliphatic hydroxyl groups is 1. The van der Waals surface area contributed by atoms with E-state index in [-0.39, 0.29) is 23.9 Å². The minimum absolute atomic E-state index is 0.00408. The van der Waals surface area contributed by atoms with E-state index >= 15 is 0 Å². The Labute approximate surface area is 222 Å². The number of aliphatic hydroxyl groups excluding tert-OH is 1. The number of nitrogens with zero attached hydrogens (tertiary/aromatic N) is 4. The molecule has 0 unspecified atom stereocenters. The van der Waals surface area contributed by atoms with Crippen molar-refractivity contribution in [3.8, 4) is 11.4 Å². The highest BCUT2D eigenvalue weighted by Crippen LogP contribution is 2.32. The van der Waals surface area contributed by atoms with Crippen LogP contribution in [0.1, 0.15) is 35.0 Å². The van der Waals surface area contributed by atoms with Gasteiger partial charge in [-0.05, 0) is 35.2 Å². The average molecular weight is 566 g/mol. The molecule has 14 heteroatoms. The molecule has 2 aliphatic rings. The van der Waals surface area contributed by atoms with Crippen LogP contribution in [-0.2, 0) is 33.2 Å². The van der Waals surface area contributed by atoms with Crippen molar-refractivity contribution < 1.29 is 36.0 Å². The van der Waals surface area contributed by atoms with Crippen molar-refractivity contribution in [1.29, 1.82) is 0 Å². The molecule has 2 N–H and O–H groups in total. The fraction of sp³-hybridized carbons (Fsp3) is 0.400. The van der Waals surface area contributed by atoms with Gasteiger partial charge in [0.1, 0.15) is 0 Å². The number of hydrogen-bond donors (Lipinski definition) is 2. The molecular weight excluding hydrogens is 539 g/mol. The Kier molecular flexibility index (Phi) is 7.11. The molecule has 2 atom stereocenters. The number of anilines is 1. The van der Waals surface area contributed by atoms with Crippen molar-refractivity contribution in [3.05, 3.63) is 65.0 Å². The second kappa shape index (κ2) is 10.2. The Morgan fingerprint density at radius 2 is 2.08 bits per heavy atom. The summed E-state index contributed by atoms with van der Waals surface area (Å²) < 4.78 is 69.5. The highest BCUT2D eigenvalue weighted by atomic mass is 32.2. The lowest BCUT2D eigenvalue weighted by Crippen LogP contribution is -2.39. The summed E-state index contributed by atoms with van der Waals surface area (Å²) in [6, 6.07) is 11.1. The first-order valence-corrected chi connectivity index (χ1v) is 13.8. The van der Waals surface area contributed by atoms with Gasteiger partial charge in [-0.25, -0.2) is 8.42 Å². The number of rotatable bonds is 7. The third-order valence-electron chi connectivity index (χ3n) is 6.88. The minimum atomic E-state index is -4.77. The molecule has 2 aromatic carbocycles. The number of likely N-dealkylation sites (N-methyl/N-ethyl adjacent to an activating group) is 1. The van der Waals surface area contributed by atoms with Crippen LogP contribution in [0.5, 0.6) is 0 Å². The number of sulfonamides is 1. The van der Waals surface area contributed by atoms with Crippen molar-refractivity contribution in [3.63, 3.8) is 0 Å². The van der Waals surface area contributed by atoms with Crippen LogP contribution in [0.4, 0.5) is 18.9 Å². The first-order chi connectivity index (χ1) is 18.4. The largest absolute Gasteiger partial charge is 0.471 e. The molecule has 1 saturated heterocycles. The third-order valence-corrected chi connectivity index (χ3v) is 8.10. The lowest BCUT2D eigenvalue weighted by atomic mass is 10.0. The summed E-state index contributed by atoms with van der Waals surface area (Å²) >= 11 is 0. The van der Waals surface area contributed by atoms with Crippen LogP contribution in [0.3, 0.4) is 0 Å². The maximum Gasteiger partial charge on any atom is 0.471 e. The molecule has 1 aromatic heterocycles. The second-order valence-electron chi connectivity index (χ2n) is 9.80. The molecule has 3 heterocycles. The van der Waals surface area contributed by atoms with E-state index in [4.69, 9.17) is 0 Å². The predicted molar refractivity (Wildman–Crippen MR) is 134 cm³/mol. The van der Waals surface area contributed by atoms with Crippen molar-refractivity contribution in [2.24, 2.45) is 0 Å². The first-order valence-electron chi connectivity index (χ1n) is 12.2. The normalized spacial score (nSPS) is 19.5. The number of benzene rings is 2. The molecule has 1 fully saturated rings. The zero-order valence-corrected chi connectivity index (χ0v) is 21.7. The van der Waals surface area contributed by atoms with Crippen LogP contribution in [-0.4, -0.2) is 72.2 Å². The highest BCUT2D eigenvalue weighted by Gasteiger charge is 2.38. The van der Waals surface area contributed by atoms with Crippen molar-refractivity contribution >= 4 is 21.6 Å². The van der Waals surface area contributed by atoms with Gasteiger partial charge in [0.05, 0.1) is 30.0 Å². The van der Waals surface area contributed by atoms with Gasteiger partial charge in [-0.15, -0.1) is 0 Å². The van der Waals surface area contributed by atoms with Gasteiger partial charge in [0, 0.05) is 32.2 Å². The molecule has 5 rings (SSSR count). The van der Waals surface area contributed by atoms with Gasteiger partial charge in [0.2, 0.25) is 21.8 Å². The van der Waals surface area contributed by atoms with E-state index in [1.165, 1.54) is 0 Å². The third kappa shape index (κ3) is 6.07. The zero-order chi connectivity index (χ0) is 27.9. The zero-order valence-electron chi connectivity index (χ0n) is 20.8. The van der Waals surface area contributed by atoms with E-state index in [0.717, 1.165) is 0 Å². The Hall–Kier alpha value is -3.49. The summed E-state index contributed by atoms with van der Waals surface area (Å²) in [4.78, 5) is 20.5. The number of halogens is 3. The van der Waals surface area contributed by atoms with Gasteiger partial charge in [-0.2, -0.15) is 18.2 Å². The van der Waals surface area contributed by atoms with Crippen LogP contribution < -0.4 is 4.72 Å². The molecule has 0 spiro atoms. The molecule has 0 bridgehead atoms. The summed E-state index contributed by atoms with van der Waals surface area (Å²) in [5.74, 6) is -2.03. The quantitative estimate of drug-likeness (QED) is 0.448. The van der Waals surface area contributed by atoms with Gasteiger partial charge < -0.3 is 14.5 Å². The molecule has 208 valence electrons. The highest BCUT2D eigenvalue weighted by molar-refractivity contribution is 7.92. The summed E-state index contributed by atoms with van der Waals surface area (Å²) in [6.07, 6.45) is -4.65. The second-order valence-corrected chi connectivity index (χ2v) is 11.5. The molecule has 1 amide bonds. The molecule has 3 aromatic rings. The molecule has 39 heavy (non-hydrogen) atoms. The van der Waals surface area contributed by atoms with Crippen LogP contribution >= 0.6 is 0 Å². The van der Waals surface area contributed by atoms with Gasteiger partial charge >= 0.3 is 12.1 Å². The van der Waals surface area contributed by atoms with Gasteiger partial charge in [-0.3, -0.25) is 14.4 Å². The van der Waals surface area contributed by atoms with Crippen molar-refractivity contribution in [1.82, 2.24) is 19.9 Å². The van der Waals surface area contributed by atoms with E-state index in [1.807, 2.05) is 4.90 Å². The number of likely N-dealkylation sites (tertiary alicyclic amines) is 1. The number of nitrogens with one attached hydrogen (secondary N) is 1. The number of carbonyl (C=O) groups excluding carboxylic acids is 1. The molecule has 0 saturated carbocycles. The van der Waals surface area contributed by atoms with E-state index in [2.05, 4.69) is 19.4 Å². The van der Waals surface area contributed by atoms with Gasteiger partial charge in [-0.1, -0.05) is 35.5 Å². The predicted octanol–water partition coefficient (Wildman–Crippen LogP) is 2.82. The van der Waals surface area contributed by atoms with Crippen LogP contribution in [0.2, 0.25) is 0 Å². The van der Waals surface area contributed by atoms with Crippen LogP contribution in [0, 0.1) is 0 Å². The molecule has 2 aliphatic heterocycles. The topological polar surface area (TPSA) is 129 Å². The number of aromatic nitrogens is 2. The number of alkyl halides is 3. The number of hydrogen-bond acceptors (Lipinski definition) is 8. The standard InChI is InChI=1S/C25H26F3N5O5S/c1-32(22(35)10-15-5-6-18-14-39(36,37)31-20(18)9-15)21(13-33-8-7-19(34)12-33)16-3-2-4-17(11-16)23-29-24(38-30-23)25(26,27)28/h2-6,9,11,19,21,31,34H,7-8,10,12-14H2,1H3/t19-,21+/m0/s1. The summed E-state index contributed by atoms with van der Waals surface area (Å²) in [5, 5.41) is 13.5. The number of fused-ring (bicyclic) bond motifs is 1. The molecule has 10 nitrogen and oxygen atoms in total. The first kappa shape index (κ1) is 27.1. The lowest BCUT2D eigenvalue weighted by molar-refractivity contribution is -0.159. The van der Waals surface area contributed by atoms with E-state index in [1.54, 1.807) is 54.4 Å². The Balaban J connectivity index is 1.40. The van der Waals surface area contributed by atoms with Gasteiger partial charge in [0.25, 0.3) is 0 Å². The number of carbonyl (C=O) groups is 1. The number of β-amino-alcohol motifs (C(OH)–C–C–N with tert-alkyl or cyclic N) is 1. The lowest BCUT2D eigenvalue weighted by Gasteiger charge is -2.32. The van der Waals surface area contributed by atoms with Crippen molar-refractivity contribution in [2.45, 2.75) is 36.9 Å². The van der Waals surface area contributed by atoms with Crippen molar-refractivity contribution in [2.75, 3.05) is 31.4 Å². The monoisotopic (exact) mass is 565 g/mol. The summed E-state index contributed by atoms with van der Waals surface area (Å²) in [5.41, 5.74) is 2.66. The van der Waals surface area contributed by atoms with E-state index < -0.39 is 34.2 Å². The average Bonchev–Trinajstić information content (AvgIpc) is 3.59. The number of amides is 1. The molecular formula is C25H26F3N5O5S. The Bertz CT molecular complexity index is 1490. The smallest absolute Gasteiger partial charge is 0.392 e. The summed E-state index contributed by atoms with van der Waals surface area (Å²) in [6.45, 7) is 1.44. The molecule has 0 aliphatic carbocycles. The fourth-order valence-corrected chi connectivity index (χ4v) is 6.11. The summed E-state index contributed by atoms with van der Waals surface area (Å²) in [7, 11) is -1.78.